The fraction of sp³-hybridized carbons (Fsp3) is 0.429. The van der Waals surface area contributed by atoms with Gasteiger partial charge in [-0.25, -0.2) is 4.79 Å². The maximum Gasteiger partial charge on any atom is 0.341 e. The molecular weight excluding hydrogens is 246 g/mol. The highest BCUT2D eigenvalue weighted by Crippen LogP contribution is 2.37. The second kappa shape index (κ2) is 5.30. The van der Waals surface area contributed by atoms with Crippen LogP contribution in [0.3, 0.4) is 0 Å². The Labute approximate surface area is 111 Å². The Hall–Kier alpha value is -2.04. The van der Waals surface area contributed by atoms with Crippen LogP contribution in [0.25, 0.3) is 0 Å². The van der Waals surface area contributed by atoms with Crippen LogP contribution in [-0.4, -0.2) is 25.6 Å². The van der Waals surface area contributed by atoms with Gasteiger partial charge in [0.05, 0.1) is 19.4 Å². The Balaban J connectivity index is 2.59. The third-order valence-corrected chi connectivity index (χ3v) is 3.10. The number of carbonyl (C=O) groups is 2. The molecule has 1 aliphatic heterocycles. The Morgan fingerprint density at radius 3 is 2.79 bits per heavy atom. The lowest BCUT2D eigenvalue weighted by Gasteiger charge is -2.24. The number of aryl methyl sites for hydroxylation is 1. The number of nitrogens with one attached hydrogen (secondary N) is 1. The van der Waals surface area contributed by atoms with Crippen molar-refractivity contribution in [2.75, 3.05) is 19.0 Å². The molecule has 5 nitrogen and oxygen atoms in total. The molecule has 1 N–H and O–H groups in total. The van der Waals surface area contributed by atoms with Crippen LogP contribution in [0.2, 0.25) is 0 Å². The van der Waals surface area contributed by atoms with Crippen molar-refractivity contribution < 1.29 is 19.1 Å². The first-order valence-electron chi connectivity index (χ1n) is 6.19. The van der Waals surface area contributed by atoms with E-state index < -0.39 is 5.97 Å². The largest absolute Gasteiger partial charge is 0.492 e. The van der Waals surface area contributed by atoms with Crippen molar-refractivity contribution in [2.45, 2.75) is 26.7 Å². The molecule has 1 aromatic carbocycles. The predicted molar refractivity (Wildman–Crippen MR) is 70.6 cm³/mol. The molecule has 0 saturated carbocycles. The summed E-state index contributed by atoms with van der Waals surface area (Å²) >= 11 is 0. The van der Waals surface area contributed by atoms with Crippen LogP contribution in [0.15, 0.2) is 6.07 Å². The number of rotatable bonds is 2. The number of ether oxygens (including phenoxy) is 2. The molecule has 1 heterocycles. The smallest absolute Gasteiger partial charge is 0.341 e. The number of fused-ring (bicyclic) bond motifs is 1. The highest BCUT2D eigenvalue weighted by atomic mass is 16.5. The summed E-state index contributed by atoms with van der Waals surface area (Å²) in [6, 6.07) is 1.70. The van der Waals surface area contributed by atoms with E-state index in [4.69, 9.17) is 9.47 Å². The topological polar surface area (TPSA) is 64.6 Å². The second-order valence-corrected chi connectivity index (χ2v) is 4.55. The van der Waals surface area contributed by atoms with Crippen LogP contribution < -0.4 is 10.1 Å². The second-order valence-electron chi connectivity index (χ2n) is 4.55. The van der Waals surface area contributed by atoms with Crippen LogP contribution >= 0.6 is 0 Å². The minimum atomic E-state index is -0.421. The molecular formula is C14H17NO4. The summed E-state index contributed by atoms with van der Waals surface area (Å²) in [5, 5.41) is 2.81. The number of methoxy groups -OCH3 is 1. The first kappa shape index (κ1) is 13.4. The Morgan fingerprint density at radius 1 is 1.42 bits per heavy atom. The summed E-state index contributed by atoms with van der Waals surface area (Å²) in [5.41, 5.74) is 2.88. The molecule has 2 rings (SSSR count). The third-order valence-electron chi connectivity index (χ3n) is 3.10. The molecule has 0 aromatic heterocycles. The summed E-state index contributed by atoms with van der Waals surface area (Å²) in [7, 11) is 1.34. The first-order valence-corrected chi connectivity index (χ1v) is 6.19. The van der Waals surface area contributed by atoms with E-state index >= 15 is 0 Å². The van der Waals surface area contributed by atoms with Gasteiger partial charge in [-0.3, -0.25) is 4.79 Å². The SMILES string of the molecule is COC(=O)c1cc(C)c(NC(C)=O)c2c1OCCC2. The van der Waals surface area contributed by atoms with Crippen molar-refractivity contribution in [3.63, 3.8) is 0 Å². The van der Waals surface area contributed by atoms with Crippen molar-refractivity contribution >= 4 is 17.6 Å². The molecule has 0 bridgehead atoms. The van der Waals surface area contributed by atoms with E-state index in [0.717, 1.165) is 29.7 Å². The number of carbonyl (C=O) groups excluding carboxylic acids is 2. The number of amides is 1. The van der Waals surface area contributed by atoms with Gasteiger partial charge in [-0.05, 0) is 31.4 Å². The van der Waals surface area contributed by atoms with E-state index in [-0.39, 0.29) is 5.91 Å². The molecule has 0 atom stereocenters. The average Bonchev–Trinajstić information content (AvgIpc) is 2.40. The zero-order chi connectivity index (χ0) is 14.0. The van der Waals surface area contributed by atoms with Crippen molar-refractivity contribution in [1.29, 1.82) is 0 Å². The monoisotopic (exact) mass is 263 g/mol. The third kappa shape index (κ3) is 2.54. The van der Waals surface area contributed by atoms with Gasteiger partial charge in [-0.1, -0.05) is 0 Å². The van der Waals surface area contributed by atoms with E-state index in [2.05, 4.69) is 5.32 Å². The normalized spacial score (nSPS) is 13.2. The van der Waals surface area contributed by atoms with Crippen molar-refractivity contribution in [1.82, 2.24) is 0 Å². The Morgan fingerprint density at radius 2 is 2.16 bits per heavy atom. The van der Waals surface area contributed by atoms with Gasteiger partial charge in [0.1, 0.15) is 11.3 Å². The quantitative estimate of drug-likeness (QED) is 0.829. The molecule has 0 saturated heterocycles. The molecule has 19 heavy (non-hydrogen) atoms. The number of benzene rings is 1. The zero-order valence-electron chi connectivity index (χ0n) is 11.3. The van der Waals surface area contributed by atoms with E-state index in [9.17, 15) is 9.59 Å². The summed E-state index contributed by atoms with van der Waals surface area (Å²) < 4.78 is 10.4. The Bertz CT molecular complexity index is 537. The fourth-order valence-corrected chi connectivity index (χ4v) is 2.31. The molecule has 0 aliphatic carbocycles. The maximum atomic E-state index is 11.8. The van der Waals surface area contributed by atoms with Crippen LogP contribution in [0, 0.1) is 6.92 Å². The van der Waals surface area contributed by atoms with Crippen molar-refractivity contribution in [3.8, 4) is 5.75 Å². The summed E-state index contributed by atoms with van der Waals surface area (Å²) in [5.74, 6) is -0.0234. The lowest BCUT2D eigenvalue weighted by molar-refractivity contribution is -0.114. The van der Waals surface area contributed by atoms with Gasteiger partial charge in [0, 0.05) is 12.5 Å². The molecule has 1 aromatic rings. The van der Waals surface area contributed by atoms with Gasteiger partial charge in [0.15, 0.2) is 0 Å². The van der Waals surface area contributed by atoms with Gasteiger partial charge in [0.2, 0.25) is 5.91 Å². The standard InChI is InChI=1S/C14H17NO4/c1-8-7-11(14(17)18-3)13-10(5-4-6-19-13)12(8)15-9(2)16/h7H,4-6H2,1-3H3,(H,15,16). The van der Waals surface area contributed by atoms with Gasteiger partial charge in [-0.15, -0.1) is 0 Å². The number of hydrogen-bond donors (Lipinski definition) is 1. The van der Waals surface area contributed by atoms with E-state index in [0.29, 0.717) is 17.9 Å². The zero-order valence-corrected chi connectivity index (χ0v) is 11.3. The fourth-order valence-electron chi connectivity index (χ4n) is 2.31. The van der Waals surface area contributed by atoms with Crippen LogP contribution in [0.4, 0.5) is 5.69 Å². The first-order chi connectivity index (χ1) is 9.04. The van der Waals surface area contributed by atoms with Crippen LogP contribution in [0.1, 0.15) is 34.8 Å². The molecule has 102 valence electrons. The molecule has 0 unspecified atom stereocenters. The minimum absolute atomic E-state index is 0.137. The lowest BCUT2D eigenvalue weighted by atomic mass is 9.96. The highest BCUT2D eigenvalue weighted by Gasteiger charge is 2.25. The van der Waals surface area contributed by atoms with Crippen LogP contribution in [-0.2, 0) is 16.0 Å². The maximum absolute atomic E-state index is 11.8. The molecule has 0 spiro atoms. The van der Waals surface area contributed by atoms with Crippen LogP contribution in [0.5, 0.6) is 5.75 Å². The van der Waals surface area contributed by atoms with Gasteiger partial charge >= 0.3 is 5.97 Å². The Kier molecular flexibility index (Phi) is 3.74. The summed E-state index contributed by atoms with van der Waals surface area (Å²) in [6.45, 7) is 3.88. The van der Waals surface area contributed by atoms with E-state index in [1.807, 2.05) is 6.92 Å². The molecule has 0 fully saturated rings. The number of hydrogen-bond acceptors (Lipinski definition) is 4. The number of esters is 1. The minimum Gasteiger partial charge on any atom is -0.492 e. The summed E-state index contributed by atoms with van der Waals surface area (Å²) in [6.07, 6.45) is 1.64. The van der Waals surface area contributed by atoms with E-state index in [1.165, 1.54) is 14.0 Å². The molecule has 1 amide bonds. The molecule has 1 aliphatic rings. The van der Waals surface area contributed by atoms with Gasteiger partial charge in [0.25, 0.3) is 0 Å². The van der Waals surface area contributed by atoms with Gasteiger partial charge in [-0.2, -0.15) is 0 Å². The predicted octanol–water partition coefficient (Wildman–Crippen LogP) is 2.07. The highest BCUT2D eigenvalue weighted by molar-refractivity contribution is 5.97. The van der Waals surface area contributed by atoms with Gasteiger partial charge < -0.3 is 14.8 Å². The number of anilines is 1. The lowest BCUT2D eigenvalue weighted by Crippen LogP contribution is -2.18. The molecule has 0 radical (unpaired) electrons. The average molecular weight is 263 g/mol. The van der Waals surface area contributed by atoms with Crippen molar-refractivity contribution in [2.24, 2.45) is 0 Å². The summed E-state index contributed by atoms with van der Waals surface area (Å²) in [4.78, 5) is 23.1. The van der Waals surface area contributed by atoms with E-state index in [1.54, 1.807) is 6.07 Å². The molecule has 5 heteroatoms. The van der Waals surface area contributed by atoms with Crippen molar-refractivity contribution in [3.05, 3.63) is 22.8 Å².